The zero-order valence-corrected chi connectivity index (χ0v) is 16.3. The minimum Gasteiger partial charge on any atom is -0.497 e. The third-order valence-corrected chi connectivity index (χ3v) is 5.13. The average Bonchev–Trinajstić information content (AvgIpc) is 3.38. The van der Waals surface area contributed by atoms with E-state index in [1.165, 1.54) is 0 Å². The number of nitrogens with zero attached hydrogens (tertiary/aromatic N) is 2. The number of pyridine rings is 1. The first kappa shape index (κ1) is 19.2. The number of methoxy groups -OCH3 is 1. The topological polar surface area (TPSA) is 98.2 Å². The lowest BCUT2D eigenvalue weighted by Crippen LogP contribution is -2.28. The lowest BCUT2D eigenvalue weighted by molar-refractivity contribution is 0.0937. The number of aromatic amines is 1. The Morgan fingerprint density at radius 1 is 1.41 bits per heavy atom. The maximum atomic E-state index is 12.8. The van der Waals surface area contributed by atoms with Crippen LogP contribution in [0.5, 0.6) is 5.75 Å². The highest BCUT2D eigenvalue weighted by atomic mass is 16.5. The monoisotopic (exact) mass is 396 g/mol. The van der Waals surface area contributed by atoms with Crippen molar-refractivity contribution in [2.24, 2.45) is 0 Å². The van der Waals surface area contributed by atoms with E-state index in [4.69, 9.17) is 9.47 Å². The van der Waals surface area contributed by atoms with Gasteiger partial charge in [0.1, 0.15) is 11.4 Å². The lowest BCUT2D eigenvalue weighted by atomic mass is 10.1. The molecule has 0 spiro atoms. The number of carbonyl (C=O) groups excluding carboxylic acids is 1. The Kier molecular flexibility index (Phi) is 5.62. The number of carbonyl (C=O) groups is 1. The van der Waals surface area contributed by atoms with Gasteiger partial charge in [0.15, 0.2) is 0 Å². The van der Waals surface area contributed by atoms with Gasteiger partial charge in [-0.25, -0.2) is 5.10 Å². The van der Waals surface area contributed by atoms with Gasteiger partial charge in [-0.15, -0.1) is 0 Å². The van der Waals surface area contributed by atoms with Crippen LogP contribution in [0.25, 0.3) is 11.3 Å². The molecule has 0 unspecified atom stereocenters. The van der Waals surface area contributed by atoms with Gasteiger partial charge in [-0.1, -0.05) is 12.1 Å². The molecule has 2 N–H and O–H groups in total. The first-order valence-electron chi connectivity index (χ1n) is 9.75. The highest BCUT2D eigenvalue weighted by Crippen LogP contribution is 2.22. The molecule has 152 valence electrons. The van der Waals surface area contributed by atoms with Crippen molar-refractivity contribution < 1.29 is 14.3 Å². The molecule has 1 aromatic rings. The quantitative estimate of drug-likeness (QED) is 0.635. The van der Waals surface area contributed by atoms with Crippen LogP contribution in [0.15, 0.2) is 41.5 Å². The van der Waals surface area contributed by atoms with E-state index in [1.54, 1.807) is 19.5 Å². The molecule has 3 heterocycles. The summed E-state index contributed by atoms with van der Waals surface area (Å²) in [5.74, 6) is 0.527. The van der Waals surface area contributed by atoms with Gasteiger partial charge >= 0.3 is 0 Å². The van der Waals surface area contributed by atoms with Gasteiger partial charge in [-0.2, -0.15) is 5.10 Å². The van der Waals surface area contributed by atoms with Crippen molar-refractivity contribution in [1.29, 1.82) is 0 Å². The third kappa shape index (κ3) is 4.32. The summed E-state index contributed by atoms with van der Waals surface area (Å²) in [6.45, 7) is 1.82. The van der Waals surface area contributed by atoms with Crippen molar-refractivity contribution in [3.8, 4) is 17.0 Å². The molecule has 8 heteroatoms. The minimum absolute atomic E-state index is 0.100. The molecular formula is C21H24N4O4. The Labute approximate surface area is 168 Å². The SMILES string of the molecule is COc1cccc(CCNC(=O)c2cn(C[C@H]3CCCO3)cc3c(=O)[nH]nc2-3)c1. The molecule has 8 nitrogen and oxygen atoms in total. The standard InChI is InChI=1S/C21H24N4O4/c1-28-15-5-2-4-14(10-15)7-8-22-20(26)17-12-25(11-16-6-3-9-29-16)13-18-19(17)23-24-21(18)27/h2,4-5,10,12-13,16H,3,6-9,11H2,1H3,(H,22,26)(H,24,27)/t16-/m1/s1. The summed E-state index contributed by atoms with van der Waals surface area (Å²) in [4.78, 5) is 24.9. The normalized spacial score (nSPS) is 16.2. The summed E-state index contributed by atoms with van der Waals surface area (Å²) in [6.07, 6.45) is 6.25. The lowest BCUT2D eigenvalue weighted by Gasteiger charge is -2.16. The number of hydrogen-bond acceptors (Lipinski definition) is 5. The first-order chi connectivity index (χ1) is 14.1. The molecule has 0 aromatic heterocycles. The van der Waals surface area contributed by atoms with E-state index >= 15 is 0 Å². The number of H-pyrrole nitrogens is 1. The number of amides is 1. The van der Waals surface area contributed by atoms with Crippen molar-refractivity contribution in [2.45, 2.75) is 31.9 Å². The predicted octanol–water partition coefficient (Wildman–Crippen LogP) is 1.84. The van der Waals surface area contributed by atoms with Crippen LogP contribution in [0.2, 0.25) is 0 Å². The minimum atomic E-state index is -0.299. The van der Waals surface area contributed by atoms with Gasteiger partial charge in [-0.05, 0) is 37.0 Å². The van der Waals surface area contributed by atoms with E-state index in [0.29, 0.717) is 36.3 Å². The number of fused-ring (bicyclic) bond motifs is 1. The maximum absolute atomic E-state index is 12.8. The van der Waals surface area contributed by atoms with Gasteiger partial charge in [0.25, 0.3) is 11.5 Å². The largest absolute Gasteiger partial charge is 0.497 e. The summed E-state index contributed by atoms with van der Waals surface area (Å²) in [6, 6.07) is 7.74. The zero-order chi connectivity index (χ0) is 20.2. The van der Waals surface area contributed by atoms with Crippen molar-refractivity contribution in [3.05, 3.63) is 58.1 Å². The van der Waals surface area contributed by atoms with Crippen LogP contribution in [0.4, 0.5) is 0 Å². The fourth-order valence-corrected chi connectivity index (χ4v) is 3.63. The molecule has 29 heavy (non-hydrogen) atoms. The van der Waals surface area contributed by atoms with E-state index in [1.807, 2.05) is 28.8 Å². The molecule has 0 aliphatic carbocycles. The first-order valence-corrected chi connectivity index (χ1v) is 9.75. The molecule has 1 fully saturated rings. The van der Waals surface area contributed by atoms with Crippen LogP contribution < -0.4 is 15.6 Å². The molecule has 0 bridgehead atoms. The fraction of sp³-hybridized carbons (Fsp3) is 0.381. The summed E-state index contributed by atoms with van der Waals surface area (Å²) < 4.78 is 12.8. The molecule has 1 aromatic carbocycles. The molecule has 0 saturated carbocycles. The molecule has 3 aliphatic heterocycles. The second kappa shape index (κ2) is 8.48. The second-order valence-electron chi connectivity index (χ2n) is 7.18. The third-order valence-electron chi connectivity index (χ3n) is 5.13. The summed E-state index contributed by atoms with van der Waals surface area (Å²) in [7, 11) is 1.63. The van der Waals surface area contributed by atoms with Crippen LogP contribution in [-0.4, -0.2) is 47.0 Å². The van der Waals surface area contributed by atoms with Crippen LogP contribution in [0.3, 0.4) is 0 Å². The van der Waals surface area contributed by atoms with Gasteiger partial charge < -0.3 is 19.4 Å². The van der Waals surface area contributed by atoms with Gasteiger partial charge in [0.05, 0.1) is 24.3 Å². The van der Waals surface area contributed by atoms with E-state index in [0.717, 1.165) is 30.8 Å². The molecule has 1 amide bonds. The molecule has 3 aliphatic rings. The van der Waals surface area contributed by atoms with Crippen molar-refractivity contribution in [1.82, 2.24) is 20.1 Å². The van der Waals surface area contributed by atoms with Crippen molar-refractivity contribution in [2.75, 3.05) is 20.3 Å². The number of benzene rings is 1. The van der Waals surface area contributed by atoms with Crippen molar-refractivity contribution >= 4 is 5.91 Å². The Bertz CT molecular complexity index is 1020. The van der Waals surface area contributed by atoms with Gasteiger partial charge in [0, 0.05) is 32.1 Å². The summed E-state index contributed by atoms with van der Waals surface area (Å²) >= 11 is 0. The Morgan fingerprint density at radius 3 is 3.10 bits per heavy atom. The van der Waals surface area contributed by atoms with Gasteiger partial charge in [0.2, 0.25) is 0 Å². The van der Waals surface area contributed by atoms with E-state index in [2.05, 4.69) is 15.5 Å². The second-order valence-corrected chi connectivity index (χ2v) is 7.18. The Balaban J connectivity index is 1.49. The molecule has 1 atom stereocenters. The van der Waals surface area contributed by atoms with Crippen molar-refractivity contribution in [3.63, 3.8) is 0 Å². The van der Waals surface area contributed by atoms with Crippen LogP contribution >= 0.6 is 0 Å². The highest BCUT2D eigenvalue weighted by molar-refractivity contribution is 5.99. The number of nitrogens with one attached hydrogen (secondary N) is 2. The average molecular weight is 396 g/mol. The fourth-order valence-electron chi connectivity index (χ4n) is 3.63. The molecular weight excluding hydrogens is 372 g/mol. The smallest absolute Gasteiger partial charge is 0.275 e. The molecule has 0 radical (unpaired) electrons. The Hall–Kier alpha value is -3.13. The highest BCUT2D eigenvalue weighted by Gasteiger charge is 2.23. The number of aromatic nitrogens is 3. The summed E-state index contributed by atoms with van der Waals surface area (Å²) in [5, 5.41) is 9.41. The van der Waals surface area contributed by atoms with E-state index < -0.39 is 0 Å². The van der Waals surface area contributed by atoms with Crippen LogP contribution in [-0.2, 0) is 17.7 Å². The van der Waals surface area contributed by atoms with Gasteiger partial charge in [-0.3, -0.25) is 9.59 Å². The zero-order valence-electron chi connectivity index (χ0n) is 16.3. The molecule has 4 rings (SSSR count). The number of ether oxygens (including phenoxy) is 2. The predicted molar refractivity (Wildman–Crippen MR) is 107 cm³/mol. The Morgan fingerprint density at radius 2 is 2.31 bits per heavy atom. The maximum Gasteiger partial charge on any atom is 0.275 e. The van der Waals surface area contributed by atoms with E-state index in [9.17, 15) is 9.59 Å². The van der Waals surface area contributed by atoms with Crippen LogP contribution in [0, 0.1) is 0 Å². The van der Waals surface area contributed by atoms with Crippen LogP contribution in [0.1, 0.15) is 28.8 Å². The molecule has 1 saturated heterocycles. The summed E-state index contributed by atoms with van der Waals surface area (Å²) in [5.41, 5.74) is 1.94. The number of rotatable bonds is 7. The number of hydrogen-bond donors (Lipinski definition) is 2. The van der Waals surface area contributed by atoms with E-state index in [-0.39, 0.29) is 17.6 Å².